The van der Waals surface area contributed by atoms with E-state index in [1.807, 2.05) is 0 Å². The Labute approximate surface area is 85.3 Å². The van der Waals surface area contributed by atoms with Gasteiger partial charge in [-0.25, -0.2) is 4.39 Å². The summed E-state index contributed by atoms with van der Waals surface area (Å²) >= 11 is 10.0. The Kier molecular flexibility index (Phi) is 3.65. The van der Waals surface area contributed by atoms with Crippen LogP contribution in [-0.2, 0) is 0 Å². The lowest BCUT2D eigenvalue weighted by molar-refractivity contribution is 0.281. The maximum Gasteiger partial charge on any atom is 0.126 e. The predicted molar refractivity (Wildman–Crippen MR) is 52.3 cm³/mol. The smallest absolute Gasteiger partial charge is 0.126 e. The Morgan fingerprint density at radius 3 is 2.00 bits per heavy atom. The molecule has 0 spiro atoms. The van der Waals surface area contributed by atoms with Gasteiger partial charge in [-0.2, -0.15) is 0 Å². The highest BCUT2D eigenvalue weighted by Gasteiger charge is 2.35. The van der Waals surface area contributed by atoms with Crippen LogP contribution >= 0.6 is 47.8 Å². The first-order valence-electron chi connectivity index (χ1n) is 3.19. The number of alkyl halides is 4. The maximum absolute atomic E-state index is 13.1. The molecule has 0 radical (unpaired) electrons. The third-order valence-electron chi connectivity index (χ3n) is 1.71. The van der Waals surface area contributed by atoms with Gasteiger partial charge in [0.2, 0.25) is 0 Å². The van der Waals surface area contributed by atoms with E-state index in [2.05, 4.69) is 47.8 Å². The molecule has 10 heavy (non-hydrogen) atoms. The summed E-state index contributed by atoms with van der Waals surface area (Å²) in [6, 6.07) is 0. The van der Waals surface area contributed by atoms with Crippen LogP contribution in [0.3, 0.4) is 0 Å². The van der Waals surface area contributed by atoms with Crippen molar-refractivity contribution in [1.82, 2.24) is 0 Å². The average molecular weight is 339 g/mol. The van der Waals surface area contributed by atoms with Gasteiger partial charge in [-0.15, -0.1) is 0 Å². The Bertz CT molecular complexity index is 106. The van der Waals surface area contributed by atoms with Crippen LogP contribution in [0.5, 0.6) is 0 Å². The lowest BCUT2D eigenvalue weighted by Crippen LogP contribution is -2.37. The molecule has 1 aliphatic rings. The summed E-state index contributed by atoms with van der Waals surface area (Å²) in [4.78, 5) is 0.285. The predicted octanol–water partition coefficient (Wildman–Crippen LogP) is 3.41. The maximum atomic E-state index is 13.1. The summed E-state index contributed by atoms with van der Waals surface area (Å²) in [6.45, 7) is 0. The van der Waals surface area contributed by atoms with Gasteiger partial charge in [-0.1, -0.05) is 47.8 Å². The lowest BCUT2D eigenvalue weighted by Gasteiger charge is -2.30. The highest BCUT2D eigenvalue weighted by atomic mass is 79.9. The molecule has 1 rings (SSSR count). The van der Waals surface area contributed by atoms with Gasteiger partial charge in [0.1, 0.15) is 6.17 Å². The van der Waals surface area contributed by atoms with Crippen molar-refractivity contribution >= 4 is 47.8 Å². The molecule has 0 amide bonds. The second-order valence-corrected chi connectivity index (χ2v) is 5.91. The minimum absolute atomic E-state index is 0.0330. The van der Waals surface area contributed by atoms with Crippen LogP contribution in [0, 0.1) is 0 Å². The molecule has 4 heteroatoms. The number of hydrogen-bond acceptors (Lipinski definition) is 0. The van der Waals surface area contributed by atoms with Crippen LogP contribution in [0.15, 0.2) is 0 Å². The van der Waals surface area contributed by atoms with Crippen LogP contribution in [0.25, 0.3) is 0 Å². The first-order valence-corrected chi connectivity index (χ1v) is 5.94. The fourth-order valence-corrected chi connectivity index (χ4v) is 3.23. The summed E-state index contributed by atoms with van der Waals surface area (Å²) in [6.07, 6.45) is 1.18. The van der Waals surface area contributed by atoms with E-state index in [9.17, 15) is 4.39 Å². The molecule has 0 aromatic carbocycles. The van der Waals surface area contributed by atoms with Crippen molar-refractivity contribution < 1.29 is 4.39 Å². The van der Waals surface area contributed by atoms with Crippen molar-refractivity contribution in [3.05, 3.63) is 0 Å². The molecule has 60 valence electrons. The van der Waals surface area contributed by atoms with E-state index in [-0.39, 0.29) is 14.5 Å². The quantitative estimate of drug-likeness (QED) is 0.594. The van der Waals surface area contributed by atoms with Gasteiger partial charge in [0.05, 0.1) is 4.83 Å². The molecule has 0 aromatic heterocycles. The Morgan fingerprint density at radius 1 is 1.00 bits per heavy atom. The van der Waals surface area contributed by atoms with E-state index in [0.717, 1.165) is 12.8 Å². The van der Waals surface area contributed by atoms with Crippen molar-refractivity contribution in [2.45, 2.75) is 33.5 Å². The first kappa shape index (κ1) is 9.46. The zero-order chi connectivity index (χ0) is 7.72. The monoisotopic (exact) mass is 336 g/mol. The van der Waals surface area contributed by atoms with E-state index in [0.29, 0.717) is 0 Å². The minimum Gasteiger partial charge on any atom is -0.245 e. The van der Waals surface area contributed by atoms with Gasteiger partial charge in [-0.05, 0) is 12.8 Å². The number of rotatable bonds is 0. The standard InChI is InChI=1S/C6H8Br3F/c7-3-1-2-4(8)6(10)5(3)9/h3-6H,1-2H2. The molecule has 0 aliphatic heterocycles. The summed E-state index contributed by atoms with van der Waals surface area (Å²) < 4.78 is 13.1. The average Bonchev–Trinajstić information content (AvgIpc) is 1.93. The van der Waals surface area contributed by atoms with E-state index in [1.165, 1.54) is 0 Å². The number of hydrogen-bond donors (Lipinski definition) is 0. The summed E-state index contributed by atoms with van der Waals surface area (Å²) in [7, 11) is 0. The van der Waals surface area contributed by atoms with Crippen LogP contribution in [0.1, 0.15) is 12.8 Å². The second kappa shape index (κ2) is 3.85. The van der Waals surface area contributed by atoms with E-state index >= 15 is 0 Å². The molecule has 4 atom stereocenters. The molecule has 0 N–H and O–H groups in total. The van der Waals surface area contributed by atoms with Gasteiger partial charge < -0.3 is 0 Å². The van der Waals surface area contributed by atoms with E-state index in [1.54, 1.807) is 0 Å². The third-order valence-corrected chi connectivity index (χ3v) is 5.56. The van der Waals surface area contributed by atoms with Gasteiger partial charge in [0, 0.05) is 9.65 Å². The number of halogens is 4. The molecule has 0 nitrogen and oxygen atoms in total. The Hall–Kier alpha value is 1.37. The van der Waals surface area contributed by atoms with Crippen LogP contribution in [-0.4, -0.2) is 20.7 Å². The van der Waals surface area contributed by atoms with Crippen molar-refractivity contribution in [2.75, 3.05) is 0 Å². The van der Waals surface area contributed by atoms with E-state index < -0.39 is 6.17 Å². The molecular weight excluding hydrogens is 331 g/mol. The zero-order valence-electron chi connectivity index (χ0n) is 5.24. The molecule has 1 saturated carbocycles. The lowest BCUT2D eigenvalue weighted by atomic mass is 9.99. The highest BCUT2D eigenvalue weighted by Crippen LogP contribution is 2.35. The summed E-state index contributed by atoms with van der Waals surface area (Å²) in [5, 5.41) is 0. The normalized spacial score (nSPS) is 49.2. The summed E-state index contributed by atoms with van der Waals surface area (Å²) in [5.74, 6) is 0. The Morgan fingerprint density at radius 2 is 1.50 bits per heavy atom. The zero-order valence-corrected chi connectivity index (χ0v) is 9.99. The van der Waals surface area contributed by atoms with Gasteiger partial charge in [0.25, 0.3) is 0 Å². The van der Waals surface area contributed by atoms with Crippen LogP contribution < -0.4 is 0 Å². The third kappa shape index (κ3) is 1.95. The first-order chi connectivity index (χ1) is 4.63. The highest BCUT2D eigenvalue weighted by molar-refractivity contribution is 9.12. The second-order valence-electron chi connectivity index (χ2n) is 2.50. The molecule has 0 aromatic rings. The fourth-order valence-electron chi connectivity index (χ4n) is 1.04. The van der Waals surface area contributed by atoms with Crippen molar-refractivity contribution in [1.29, 1.82) is 0 Å². The summed E-state index contributed by atoms with van der Waals surface area (Å²) in [5.41, 5.74) is 0. The molecule has 0 heterocycles. The molecule has 0 saturated heterocycles. The molecule has 0 bridgehead atoms. The Balaban J connectivity index is 2.52. The fraction of sp³-hybridized carbons (Fsp3) is 1.00. The minimum atomic E-state index is -0.766. The van der Waals surface area contributed by atoms with Crippen molar-refractivity contribution in [3.63, 3.8) is 0 Å². The largest absolute Gasteiger partial charge is 0.245 e. The van der Waals surface area contributed by atoms with Crippen molar-refractivity contribution in [2.24, 2.45) is 0 Å². The van der Waals surface area contributed by atoms with E-state index in [4.69, 9.17) is 0 Å². The van der Waals surface area contributed by atoms with Crippen molar-refractivity contribution in [3.8, 4) is 0 Å². The van der Waals surface area contributed by atoms with Gasteiger partial charge >= 0.3 is 0 Å². The molecule has 1 fully saturated rings. The SMILES string of the molecule is FC1C(Br)CCC(Br)C1Br. The molecular formula is C6H8Br3F. The topological polar surface area (TPSA) is 0 Å². The van der Waals surface area contributed by atoms with Crippen LogP contribution in [0.2, 0.25) is 0 Å². The molecule has 1 aliphatic carbocycles. The van der Waals surface area contributed by atoms with Gasteiger partial charge in [-0.3, -0.25) is 0 Å². The van der Waals surface area contributed by atoms with Gasteiger partial charge in [0.15, 0.2) is 0 Å². The molecule has 4 unspecified atom stereocenters. The van der Waals surface area contributed by atoms with Crippen LogP contribution in [0.4, 0.5) is 4.39 Å².